The van der Waals surface area contributed by atoms with E-state index in [-0.39, 0.29) is 5.69 Å². The van der Waals surface area contributed by atoms with Crippen molar-refractivity contribution in [3.05, 3.63) is 58.6 Å². The van der Waals surface area contributed by atoms with Gasteiger partial charge in [-0.1, -0.05) is 11.6 Å². The molecule has 0 aliphatic rings. The van der Waals surface area contributed by atoms with E-state index in [9.17, 15) is 13.6 Å². The van der Waals surface area contributed by atoms with Crippen molar-refractivity contribution in [2.45, 2.75) is 6.92 Å². The third-order valence-corrected chi connectivity index (χ3v) is 2.95. The minimum atomic E-state index is -0.761. The molecule has 0 unspecified atom stereocenters. The summed E-state index contributed by atoms with van der Waals surface area (Å²) in [5, 5.41) is 5.87. The number of anilines is 2. The number of amides is 1. The van der Waals surface area contributed by atoms with Gasteiger partial charge in [-0.3, -0.25) is 4.79 Å². The van der Waals surface area contributed by atoms with Crippen molar-refractivity contribution in [1.82, 2.24) is 0 Å². The molecule has 2 aromatic rings. The van der Waals surface area contributed by atoms with Crippen molar-refractivity contribution >= 4 is 28.9 Å². The third-order valence-electron chi connectivity index (χ3n) is 2.71. The van der Waals surface area contributed by atoms with Gasteiger partial charge in [-0.25, -0.2) is 8.78 Å². The first-order chi connectivity index (χ1) is 9.99. The number of carbonyl (C=O) groups excluding carboxylic acids is 1. The Balaban J connectivity index is 2.29. The second-order valence-corrected chi connectivity index (χ2v) is 4.77. The summed E-state index contributed by atoms with van der Waals surface area (Å²) >= 11 is 5.89. The van der Waals surface area contributed by atoms with Crippen molar-refractivity contribution in [2.75, 3.05) is 17.2 Å². The van der Waals surface area contributed by atoms with Crippen LogP contribution in [0.25, 0.3) is 0 Å². The SMILES string of the molecule is CCNc1ccc(Cl)cc1C(=O)Nc1cc(F)cc(F)c1. The van der Waals surface area contributed by atoms with Crippen LogP contribution in [0.2, 0.25) is 5.02 Å². The predicted octanol–water partition coefficient (Wildman–Crippen LogP) is 4.30. The highest BCUT2D eigenvalue weighted by atomic mass is 35.5. The van der Waals surface area contributed by atoms with Crippen LogP contribution in [0.3, 0.4) is 0 Å². The lowest BCUT2D eigenvalue weighted by Crippen LogP contribution is -2.15. The van der Waals surface area contributed by atoms with E-state index < -0.39 is 17.5 Å². The van der Waals surface area contributed by atoms with Gasteiger partial charge in [0.1, 0.15) is 11.6 Å². The highest BCUT2D eigenvalue weighted by Gasteiger charge is 2.13. The minimum absolute atomic E-state index is 0.0416. The lowest BCUT2D eigenvalue weighted by atomic mass is 10.1. The van der Waals surface area contributed by atoms with Crippen molar-refractivity contribution in [3.8, 4) is 0 Å². The van der Waals surface area contributed by atoms with Crippen LogP contribution in [0.5, 0.6) is 0 Å². The summed E-state index contributed by atoms with van der Waals surface area (Å²) in [6.45, 7) is 2.51. The van der Waals surface area contributed by atoms with Gasteiger partial charge in [-0.2, -0.15) is 0 Å². The molecule has 0 aliphatic carbocycles. The first kappa shape index (κ1) is 15.3. The smallest absolute Gasteiger partial charge is 0.257 e. The molecular formula is C15H13ClF2N2O. The van der Waals surface area contributed by atoms with Crippen molar-refractivity contribution in [2.24, 2.45) is 0 Å². The summed E-state index contributed by atoms with van der Waals surface area (Å²) in [5.41, 5.74) is 0.935. The van der Waals surface area contributed by atoms with E-state index in [0.29, 0.717) is 22.8 Å². The molecule has 0 saturated carbocycles. The molecule has 21 heavy (non-hydrogen) atoms. The lowest BCUT2D eigenvalue weighted by Gasteiger charge is -2.12. The molecule has 0 radical (unpaired) electrons. The maximum absolute atomic E-state index is 13.1. The van der Waals surface area contributed by atoms with Gasteiger partial charge in [0.2, 0.25) is 0 Å². The van der Waals surface area contributed by atoms with Gasteiger partial charge in [0, 0.05) is 29.0 Å². The second kappa shape index (κ2) is 6.54. The van der Waals surface area contributed by atoms with E-state index in [1.807, 2.05) is 6.92 Å². The largest absolute Gasteiger partial charge is 0.385 e. The molecule has 0 spiro atoms. The Labute approximate surface area is 125 Å². The van der Waals surface area contributed by atoms with Crippen molar-refractivity contribution in [1.29, 1.82) is 0 Å². The van der Waals surface area contributed by atoms with Gasteiger partial charge >= 0.3 is 0 Å². The van der Waals surface area contributed by atoms with Gasteiger partial charge in [0.25, 0.3) is 5.91 Å². The summed E-state index contributed by atoms with van der Waals surface area (Å²) in [6.07, 6.45) is 0. The van der Waals surface area contributed by atoms with Crippen LogP contribution in [-0.2, 0) is 0 Å². The maximum atomic E-state index is 13.1. The fraction of sp³-hybridized carbons (Fsp3) is 0.133. The normalized spacial score (nSPS) is 10.3. The van der Waals surface area contributed by atoms with Crippen LogP contribution >= 0.6 is 11.6 Å². The molecule has 2 rings (SSSR count). The zero-order chi connectivity index (χ0) is 15.4. The quantitative estimate of drug-likeness (QED) is 0.884. The van der Waals surface area contributed by atoms with Crippen LogP contribution < -0.4 is 10.6 Å². The number of hydrogen-bond acceptors (Lipinski definition) is 2. The van der Waals surface area contributed by atoms with Gasteiger partial charge in [0.15, 0.2) is 0 Å². The molecule has 6 heteroatoms. The summed E-state index contributed by atoms with van der Waals surface area (Å²) in [6, 6.07) is 7.63. The zero-order valence-corrected chi connectivity index (χ0v) is 12.0. The van der Waals surface area contributed by atoms with E-state index in [0.717, 1.165) is 18.2 Å². The average molecular weight is 311 g/mol. The monoisotopic (exact) mass is 310 g/mol. The standard InChI is InChI=1S/C15H13ClF2N2O/c1-2-19-14-4-3-9(16)5-13(14)15(21)20-12-7-10(17)6-11(18)8-12/h3-8,19H,2H2,1H3,(H,20,21). The Hall–Kier alpha value is -2.14. The minimum Gasteiger partial charge on any atom is -0.385 e. The van der Waals surface area contributed by atoms with Gasteiger partial charge < -0.3 is 10.6 Å². The van der Waals surface area contributed by atoms with Crippen LogP contribution in [0.15, 0.2) is 36.4 Å². The van der Waals surface area contributed by atoms with E-state index in [2.05, 4.69) is 10.6 Å². The first-order valence-corrected chi connectivity index (χ1v) is 6.68. The Kier molecular flexibility index (Phi) is 4.75. The van der Waals surface area contributed by atoms with E-state index in [4.69, 9.17) is 11.6 Å². The molecule has 0 fully saturated rings. The Morgan fingerprint density at radius 1 is 1.14 bits per heavy atom. The maximum Gasteiger partial charge on any atom is 0.257 e. The molecule has 0 heterocycles. The van der Waals surface area contributed by atoms with E-state index in [1.165, 1.54) is 6.07 Å². The number of nitrogens with one attached hydrogen (secondary N) is 2. The Morgan fingerprint density at radius 3 is 2.43 bits per heavy atom. The van der Waals surface area contributed by atoms with E-state index in [1.54, 1.807) is 12.1 Å². The van der Waals surface area contributed by atoms with Crippen molar-refractivity contribution in [3.63, 3.8) is 0 Å². The fourth-order valence-corrected chi connectivity index (χ4v) is 2.05. The summed E-state index contributed by atoms with van der Waals surface area (Å²) in [7, 11) is 0. The highest BCUT2D eigenvalue weighted by Crippen LogP contribution is 2.22. The molecule has 0 aromatic heterocycles. The number of benzene rings is 2. The van der Waals surface area contributed by atoms with Crippen LogP contribution in [0.4, 0.5) is 20.2 Å². The third kappa shape index (κ3) is 3.92. The molecule has 0 aliphatic heterocycles. The Morgan fingerprint density at radius 2 is 1.81 bits per heavy atom. The van der Waals surface area contributed by atoms with Crippen LogP contribution in [-0.4, -0.2) is 12.5 Å². The number of carbonyl (C=O) groups is 1. The summed E-state index contributed by atoms with van der Waals surface area (Å²) in [5.74, 6) is -2.02. The molecule has 3 nitrogen and oxygen atoms in total. The summed E-state index contributed by atoms with van der Waals surface area (Å²) in [4.78, 5) is 12.2. The predicted molar refractivity (Wildman–Crippen MR) is 79.9 cm³/mol. The van der Waals surface area contributed by atoms with Crippen LogP contribution in [0.1, 0.15) is 17.3 Å². The Bertz CT molecular complexity index is 656. The molecule has 0 bridgehead atoms. The second-order valence-electron chi connectivity index (χ2n) is 4.33. The number of rotatable bonds is 4. The molecular weight excluding hydrogens is 298 g/mol. The average Bonchev–Trinajstić information content (AvgIpc) is 2.39. The van der Waals surface area contributed by atoms with Gasteiger partial charge in [-0.05, 0) is 37.3 Å². The molecule has 0 atom stereocenters. The van der Waals surface area contributed by atoms with Crippen LogP contribution in [0, 0.1) is 11.6 Å². The number of halogens is 3. The molecule has 110 valence electrons. The lowest BCUT2D eigenvalue weighted by molar-refractivity contribution is 0.102. The molecule has 1 amide bonds. The van der Waals surface area contributed by atoms with E-state index >= 15 is 0 Å². The first-order valence-electron chi connectivity index (χ1n) is 6.30. The zero-order valence-electron chi connectivity index (χ0n) is 11.2. The van der Waals surface area contributed by atoms with Gasteiger partial charge in [-0.15, -0.1) is 0 Å². The molecule has 0 saturated heterocycles. The number of hydrogen-bond donors (Lipinski definition) is 2. The summed E-state index contributed by atoms with van der Waals surface area (Å²) < 4.78 is 26.2. The van der Waals surface area contributed by atoms with Gasteiger partial charge in [0.05, 0.1) is 5.56 Å². The topological polar surface area (TPSA) is 41.1 Å². The molecule has 2 N–H and O–H groups in total. The highest BCUT2D eigenvalue weighted by molar-refractivity contribution is 6.31. The van der Waals surface area contributed by atoms with Crippen molar-refractivity contribution < 1.29 is 13.6 Å². The fourth-order valence-electron chi connectivity index (χ4n) is 1.87. The molecule has 2 aromatic carbocycles.